The number of amides is 1. The number of benzene rings is 1. The van der Waals surface area contributed by atoms with Crippen molar-refractivity contribution in [2.75, 3.05) is 13.2 Å². The molecule has 3 aromatic rings. The third-order valence-electron chi connectivity index (χ3n) is 4.54. The summed E-state index contributed by atoms with van der Waals surface area (Å²) in [5.41, 5.74) is 3.71. The third kappa shape index (κ3) is 4.12. The molecule has 0 spiro atoms. The molecule has 2 heterocycles. The minimum absolute atomic E-state index is 0.248. The number of hydrogen-bond acceptors (Lipinski definition) is 5. The van der Waals surface area contributed by atoms with Crippen molar-refractivity contribution in [2.45, 2.75) is 19.3 Å². The molecule has 27 heavy (non-hydrogen) atoms. The highest BCUT2D eigenvalue weighted by Gasteiger charge is 2.22. The van der Waals surface area contributed by atoms with E-state index in [0.717, 1.165) is 24.1 Å². The minimum Gasteiger partial charge on any atom is -0.451 e. The van der Waals surface area contributed by atoms with Crippen molar-refractivity contribution in [3.63, 3.8) is 0 Å². The Kier molecular flexibility index (Phi) is 5.36. The number of hydrogen-bond donors (Lipinski definition) is 1. The van der Waals surface area contributed by atoms with Crippen molar-refractivity contribution in [2.24, 2.45) is 0 Å². The fourth-order valence-corrected chi connectivity index (χ4v) is 5.08. The molecule has 4 nitrogen and oxygen atoms in total. The zero-order valence-electron chi connectivity index (χ0n) is 14.7. The molecule has 138 valence electrons. The van der Waals surface area contributed by atoms with Gasteiger partial charge in [-0.1, -0.05) is 30.3 Å². The molecule has 1 N–H and O–H groups in total. The molecule has 0 radical (unpaired) electrons. The lowest BCUT2D eigenvalue weighted by atomic mass is 9.91. The van der Waals surface area contributed by atoms with Crippen LogP contribution < -0.4 is 5.32 Å². The first-order valence-electron chi connectivity index (χ1n) is 8.88. The van der Waals surface area contributed by atoms with Gasteiger partial charge < -0.3 is 10.1 Å². The Morgan fingerprint density at radius 2 is 1.93 bits per heavy atom. The van der Waals surface area contributed by atoms with E-state index in [0.29, 0.717) is 11.4 Å². The number of aryl methyl sites for hydroxylation is 2. The Morgan fingerprint density at radius 1 is 1.07 bits per heavy atom. The van der Waals surface area contributed by atoms with Crippen molar-refractivity contribution in [1.82, 2.24) is 5.32 Å². The summed E-state index contributed by atoms with van der Waals surface area (Å²) in [7, 11) is 0. The first kappa shape index (κ1) is 17.9. The molecule has 1 aliphatic rings. The number of nitrogens with one attached hydrogen (secondary N) is 1. The van der Waals surface area contributed by atoms with Crippen LogP contribution in [0.2, 0.25) is 0 Å². The van der Waals surface area contributed by atoms with Gasteiger partial charge in [-0.3, -0.25) is 4.79 Å². The van der Waals surface area contributed by atoms with E-state index >= 15 is 0 Å². The third-order valence-corrected chi connectivity index (χ3v) is 6.67. The molecule has 0 saturated heterocycles. The first-order valence-corrected chi connectivity index (χ1v) is 10.6. The molecule has 0 atom stereocenters. The minimum atomic E-state index is -0.430. The van der Waals surface area contributed by atoms with Crippen LogP contribution in [0.15, 0.2) is 47.8 Å². The predicted octanol–water partition coefficient (Wildman–Crippen LogP) is 4.09. The van der Waals surface area contributed by atoms with Gasteiger partial charge in [-0.25, -0.2) is 4.79 Å². The van der Waals surface area contributed by atoms with E-state index in [2.05, 4.69) is 17.4 Å². The summed E-state index contributed by atoms with van der Waals surface area (Å²) in [6.45, 7) is 0.295. The van der Waals surface area contributed by atoms with Crippen LogP contribution in [0.1, 0.15) is 25.7 Å². The molecule has 4 rings (SSSR count). The maximum atomic E-state index is 12.3. The molecule has 2 aromatic heterocycles. The van der Waals surface area contributed by atoms with Crippen molar-refractivity contribution in [3.8, 4) is 10.4 Å². The van der Waals surface area contributed by atoms with Gasteiger partial charge in [-0.2, -0.15) is 0 Å². The largest absolute Gasteiger partial charge is 0.451 e. The highest BCUT2D eigenvalue weighted by molar-refractivity contribution is 7.17. The van der Waals surface area contributed by atoms with Crippen molar-refractivity contribution < 1.29 is 14.3 Å². The molecule has 1 aromatic carbocycles. The fourth-order valence-electron chi connectivity index (χ4n) is 3.21. The zero-order chi connectivity index (χ0) is 18.6. The van der Waals surface area contributed by atoms with Crippen LogP contribution in [0.25, 0.3) is 10.4 Å². The monoisotopic (exact) mass is 397 g/mol. The lowest BCUT2D eigenvalue weighted by Gasteiger charge is -2.15. The van der Waals surface area contributed by atoms with Crippen LogP contribution in [-0.4, -0.2) is 25.0 Å². The maximum Gasteiger partial charge on any atom is 0.348 e. The van der Waals surface area contributed by atoms with E-state index in [1.54, 1.807) is 11.3 Å². The van der Waals surface area contributed by atoms with E-state index < -0.39 is 5.97 Å². The van der Waals surface area contributed by atoms with Crippen LogP contribution in [0, 0.1) is 0 Å². The van der Waals surface area contributed by atoms with Crippen LogP contribution in [0.5, 0.6) is 0 Å². The standard InChI is InChI=1S/C21H19NO3S2/c23-19(22-10-9-16-5-3-11-26-16)13-25-21(24)18-12-15-8-7-14-4-1-2-6-17(14)20(15)27-18/h1-6,11-12H,7-10,13H2,(H,22,23). The molecule has 0 aliphatic heterocycles. The van der Waals surface area contributed by atoms with Gasteiger partial charge in [0.1, 0.15) is 4.88 Å². The van der Waals surface area contributed by atoms with Gasteiger partial charge in [0, 0.05) is 16.3 Å². The van der Waals surface area contributed by atoms with E-state index in [4.69, 9.17) is 4.74 Å². The van der Waals surface area contributed by atoms with E-state index in [1.807, 2.05) is 35.7 Å². The Hall–Kier alpha value is -2.44. The molecule has 1 aliphatic carbocycles. The normalized spacial score (nSPS) is 12.1. The Balaban J connectivity index is 1.32. The SMILES string of the molecule is O=C(COC(=O)c1cc2c(s1)-c1ccccc1CC2)NCCc1cccs1. The smallest absolute Gasteiger partial charge is 0.348 e. The second-order valence-electron chi connectivity index (χ2n) is 6.38. The summed E-state index contributed by atoms with van der Waals surface area (Å²) in [6.07, 6.45) is 2.70. The summed E-state index contributed by atoms with van der Waals surface area (Å²) in [6, 6.07) is 14.2. The summed E-state index contributed by atoms with van der Waals surface area (Å²) < 4.78 is 5.21. The fraction of sp³-hybridized carbons (Fsp3) is 0.238. The lowest BCUT2D eigenvalue weighted by molar-refractivity contribution is -0.124. The number of carbonyl (C=O) groups excluding carboxylic acids is 2. The van der Waals surface area contributed by atoms with Gasteiger partial charge in [-0.05, 0) is 53.5 Å². The predicted molar refractivity (Wildman–Crippen MR) is 108 cm³/mol. The summed E-state index contributed by atoms with van der Waals surface area (Å²) in [4.78, 5) is 27.2. The van der Waals surface area contributed by atoms with E-state index in [-0.39, 0.29) is 12.5 Å². The zero-order valence-corrected chi connectivity index (χ0v) is 16.3. The Labute approximate surface area is 165 Å². The molecule has 0 unspecified atom stereocenters. The van der Waals surface area contributed by atoms with Crippen LogP contribution in [-0.2, 0) is 28.8 Å². The van der Waals surface area contributed by atoms with Crippen molar-refractivity contribution in [3.05, 3.63) is 68.7 Å². The number of carbonyl (C=O) groups is 2. The first-order chi connectivity index (χ1) is 13.2. The number of ether oxygens (including phenoxy) is 1. The Morgan fingerprint density at radius 3 is 2.78 bits per heavy atom. The van der Waals surface area contributed by atoms with E-state index in [1.165, 1.54) is 32.9 Å². The van der Waals surface area contributed by atoms with Crippen LogP contribution in [0.3, 0.4) is 0 Å². The summed E-state index contributed by atoms with van der Waals surface area (Å²) in [5.74, 6) is -0.702. The molecule has 6 heteroatoms. The highest BCUT2D eigenvalue weighted by Crippen LogP contribution is 2.39. The van der Waals surface area contributed by atoms with E-state index in [9.17, 15) is 9.59 Å². The summed E-state index contributed by atoms with van der Waals surface area (Å²) in [5, 5.41) is 4.80. The molecule has 0 saturated carbocycles. The Bertz CT molecular complexity index is 960. The van der Waals surface area contributed by atoms with Gasteiger partial charge >= 0.3 is 5.97 Å². The average Bonchev–Trinajstić information content (AvgIpc) is 3.35. The number of fused-ring (bicyclic) bond motifs is 3. The average molecular weight is 398 g/mol. The van der Waals surface area contributed by atoms with Crippen LogP contribution in [0.4, 0.5) is 0 Å². The second-order valence-corrected chi connectivity index (χ2v) is 8.46. The number of thiophene rings is 2. The topological polar surface area (TPSA) is 55.4 Å². The van der Waals surface area contributed by atoms with Crippen molar-refractivity contribution >= 4 is 34.6 Å². The maximum absolute atomic E-state index is 12.3. The lowest BCUT2D eigenvalue weighted by Crippen LogP contribution is -2.30. The molecular formula is C21H19NO3S2. The van der Waals surface area contributed by atoms with Crippen molar-refractivity contribution in [1.29, 1.82) is 0 Å². The number of rotatable bonds is 6. The van der Waals surface area contributed by atoms with Crippen LogP contribution >= 0.6 is 22.7 Å². The summed E-state index contributed by atoms with van der Waals surface area (Å²) >= 11 is 3.11. The number of esters is 1. The molecule has 1 amide bonds. The van der Waals surface area contributed by atoms with Gasteiger partial charge in [0.25, 0.3) is 5.91 Å². The highest BCUT2D eigenvalue weighted by atomic mass is 32.1. The van der Waals surface area contributed by atoms with Gasteiger partial charge in [0.2, 0.25) is 0 Å². The second kappa shape index (κ2) is 8.06. The van der Waals surface area contributed by atoms with Gasteiger partial charge in [-0.15, -0.1) is 22.7 Å². The van der Waals surface area contributed by atoms with Gasteiger partial charge in [0.05, 0.1) is 0 Å². The molecule has 0 bridgehead atoms. The van der Waals surface area contributed by atoms with Gasteiger partial charge in [0.15, 0.2) is 6.61 Å². The molecular weight excluding hydrogens is 378 g/mol. The quantitative estimate of drug-likeness (QED) is 0.638. The molecule has 0 fully saturated rings.